The first-order chi connectivity index (χ1) is 18.7. The highest BCUT2D eigenvalue weighted by Crippen LogP contribution is 2.40. The van der Waals surface area contributed by atoms with E-state index in [9.17, 15) is 27.1 Å². The van der Waals surface area contributed by atoms with Crippen molar-refractivity contribution >= 4 is 0 Å². The lowest BCUT2D eigenvalue weighted by atomic mass is 9.76. The van der Waals surface area contributed by atoms with E-state index < -0.39 is 35.2 Å². The summed E-state index contributed by atoms with van der Waals surface area (Å²) in [4.78, 5) is 0. The summed E-state index contributed by atoms with van der Waals surface area (Å²) >= 11 is 0. The molecule has 1 nitrogen and oxygen atoms in total. The van der Waals surface area contributed by atoms with Gasteiger partial charge < -0.3 is 5.11 Å². The number of hydrogen-bond acceptors (Lipinski definition) is 1. The highest BCUT2D eigenvalue weighted by molar-refractivity contribution is 5.65. The van der Waals surface area contributed by atoms with Crippen molar-refractivity contribution < 1.29 is 27.1 Å². The molecule has 0 aromatic heterocycles. The van der Waals surface area contributed by atoms with Crippen LogP contribution in [0, 0.1) is 41.9 Å². The van der Waals surface area contributed by atoms with Gasteiger partial charge in [0.25, 0.3) is 0 Å². The highest BCUT2D eigenvalue weighted by atomic mass is 19.2. The Morgan fingerprint density at radius 2 is 1.56 bits per heavy atom. The maximum atomic E-state index is 15.0. The summed E-state index contributed by atoms with van der Waals surface area (Å²) in [5.41, 5.74) is 1.45. The molecule has 1 atom stereocenters. The van der Waals surface area contributed by atoms with Crippen LogP contribution in [0.4, 0.5) is 22.0 Å². The molecule has 0 radical (unpaired) electrons. The van der Waals surface area contributed by atoms with E-state index in [4.69, 9.17) is 0 Å². The minimum absolute atomic E-state index is 0.0318. The summed E-state index contributed by atoms with van der Waals surface area (Å²) in [6, 6.07) is 10.6. The van der Waals surface area contributed by atoms with Crippen molar-refractivity contribution in [2.45, 2.75) is 90.1 Å². The third-order valence-corrected chi connectivity index (χ3v) is 8.33. The normalized spacial score (nSPS) is 18.4. The molecule has 3 aromatic rings. The molecule has 0 spiro atoms. The van der Waals surface area contributed by atoms with E-state index in [2.05, 4.69) is 0 Å². The zero-order chi connectivity index (χ0) is 28.1. The second-order valence-electron chi connectivity index (χ2n) is 11.0. The molecular weight excluding hydrogens is 507 g/mol. The van der Waals surface area contributed by atoms with Gasteiger partial charge in [0, 0.05) is 11.1 Å². The quantitative estimate of drug-likeness (QED) is 0.199. The van der Waals surface area contributed by atoms with Gasteiger partial charge in [-0.1, -0.05) is 62.6 Å². The van der Waals surface area contributed by atoms with E-state index in [1.807, 2.05) is 6.92 Å². The third kappa shape index (κ3) is 6.71. The molecule has 0 amide bonds. The summed E-state index contributed by atoms with van der Waals surface area (Å²) in [5.74, 6) is -3.88. The molecule has 1 aliphatic carbocycles. The molecule has 4 rings (SSSR count). The molecule has 0 aliphatic heterocycles. The summed E-state index contributed by atoms with van der Waals surface area (Å²) in [5, 5.41) is 10.3. The first-order valence-electron chi connectivity index (χ1n) is 14.1. The topological polar surface area (TPSA) is 20.2 Å². The zero-order valence-electron chi connectivity index (χ0n) is 22.7. The minimum atomic E-state index is -0.998. The van der Waals surface area contributed by atoms with Crippen molar-refractivity contribution in [3.05, 3.63) is 93.8 Å². The third-order valence-electron chi connectivity index (χ3n) is 8.33. The van der Waals surface area contributed by atoms with Crippen LogP contribution >= 0.6 is 0 Å². The molecule has 210 valence electrons. The number of halogens is 5. The van der Waals surface area contributed by atoms with Gasteiger partial charge in [0.2, 0.25) is 0 Å². The Morgan fingerprint density at radius 1 is 0.821 bits per heavy atom. The molecule has 1 saturated carbocycles. The Hall–Kier alpha value is -2.73. The van der Waals surface area contributed by atoms with E-state index in [-0.39, 0.29) is 22.6 Å². The Balaban J connectivity index is 1.33. The van der Waals surface area contributed by atoms with Crippen LogP contribution in [0.2, 0.25) is 0 Å². The molecule has 1 fully saturated rings. The number of rotatable bonds is 10. The van der Waals surface area contributed by atoms with Crippen molar-refractivity contribution in [2.24, 2.45) is 5.92 Å². The second-order valence-corrected chi connectivity index (χ2v) is 11.0. The number of benzene rings is 3. The average molecular weight is 545 g/mol. The predicted molar refractivity (Wildman–Crippen MR) is 145 cm³/mol. The molecule has 1 aliphatic rings. The van der Waals surface area contributed by atoms with Crippen molar-refractivity contribution in [2.75, 3.05) is 0 Å². The van der Waals surface area contributed by atoms with Crippen LogP contribution in [0.1, 0.15) is 99.0 Å². The molecule has 0 saturated heterocycles. The fourth-order valence-electron chi connectivity index (χ4n) is 5.80. The molecule has 39 heavy (non-hydrogen) atoms. The van der Waals surface area contributed by atoms with Gasteiger partial charge in [-0.2, -0.15) is 0 Å². The van der Waals surface area contributed by atoms with Gasteiger partial charge in [-0.25, -0.2) is 22.0 Å². The largest absolute Gasteiger partial charge is 0.388 e. The predicted octanol–water partition coefficient (Wildman–Crippen LogP) is 9.88. The molecule has 3 aromatic carbocycles. The van der Waals surface area contributed by atoms with Gasteiger partial charge in [0.05, 0.1) is 6.10 Å². The number of unbranched alkanes of at least 4 members (excludes halogenated alkanes) is 2. The molecule has 0 heterocycles. The zero-order valence-corrected chi connectivity index (χ0v) is 22.7. The number of aliphatic hydroxyl groups is 1. The number of hydrogen-bond donors (Lipinski definition) is 1. The average Bonchev–Trinajstić information content (AvgIpc) is 2.93. The maximum absolute atomic E-state index is 15.0. The van der Waals surface area contributed by atoms with E-state index in [1.165, 1.54) is 31.2 Å². The summed E-state index contributed by atoms with van der Waals surface area (Å²) in [6.07, 6.45) is 6.50. The van der Waals surface area contributed by atoms with E-state index in [0.29, 0.717) is 35.4 Å². The van der Waals surface area contributed by atoms with Gasteiger partial charge in [-0.3, -0.25) is 0 Å². The summed E-state index contributed by atoms with van der Waals surface area (Å²) in [6.45, 7) is 3.52. The van der Waals surface area contributed by atoms with Gasteiger partial charge in [-0.05, 0) is 92.0 Å². The van der Waals surface area contributed by atoms with Crippen molar-refractivity contribution in [3.63, 3.8) is 0 Å². The SMILES string of the molecule is CCCCCC(O)c1ccc(C2CCC(CCc3ccc(-c4ccc(C)c(F)c4F)cc3F)CC2)c(F)c1F. The minimum Gasteiger partial charge on any atom is -0.388 e. The van der Waals surface area contributed by atoms with Crippen molar-refractivity contribution in [3.8, 4) is 11.1 Å². The van der Waals surface area contributed by atoms with Crippen molar-refractivity contribution in [1.82, 2.24) is 0 Å². The summed E-state index contributed by atoms with van der Waals surface area (Å²) in [7, 11) is 0. The Labute approximate surface area is 228 Å². The smallest absolute Gasteiger partial charge is 0.166 e. The second kappa shape index (κ2) is 13.1. The Kier molecular flexibility index (Phi) is 9.81. The monoisotopic (exact) mass is 544 g/mol. The lowest BCUT2D eigenvalue weighted by Gasteiger charge is -2.29. The molecule has 0 bridgehead atoms. The standard InChI is InChI=1S/C33H37F5O/c1-3-4-5-6-29(39)27-18-17-25(32(37)33(27)38)22-11-8-21(9-12-22)10-13-23-14-15-24(19-28(23)34)26-16-7-20(2)30(35)31(26)36/h7,14-19,21-22,29,39H,3-6,8-13H2,1-2H3. The maximum Gasteiger partial charge on any atom is 0.166 e. The fourth-order valence-corrected chi connectivity index (χ4v) is 5.80. The van der Waals surface area contributed by atoms with Crippen LogP contribution in [0.5, 0.6) is 0 Å². The first-order valence-corrected chi connectivity index (χ1v) is 14.1. The van der Waals surface area contributed by atoms with Crippen LogP contribution in [-0.2, 0) is 6.42 Å². The Bertz CT molecular complexity index is 1280. The van der Waals surface area contributed by atoms with E-state index in [1.54, 1.807) is 18.2 Å². The molecular formula is C33H37F5O. The van der Waals surface area contributed by atoms with E-state index >= 15 is 0 Å². The van der Waals surface area contributed by atoms with E-state index in [0.717, 1.165) is 51.4 Å². The van der Waals surface area contributed by atoms with Crippen LogP contribution < -0.4 is 0 Å². The summed E-state index contributed by atoms with van der Waals surface area (Å²) < 4.78 is 72.9. The van der Waals surface area contributed by atoms with Gasteiger partial charge >= 0.3 is 0 Å². The van der Waals surface area contributed by atoms with Crippen LogP contribution in [0.15, 0.2) is 42.5 Å². The first kappa shape index (κ1) is 29.3. The lowest BCUT2D eigenvalue weighted by molar-refractivity contribution is 0.157. The highest BCUT2D eigenvalue weighted by Gasteiger charge is 2.27. The number of aryl methyl sites for hydroxylation is 2. The fraction of sp³-hybridized carbons (Fsp3) is 0.455. The van der Waals surface area contributed by atoms with Gasteiger partial charge in [-0.15, -0.1) is 0 Å². The van der Waals surface area contributed by atoms with Gasteiger partial charge in [0.1, 0.15) is 5.82 Å². The van der Waals surface area contributed by atoms with Crippen molar-refractivity contribution in [1.29, 1.82) is 0 Å². The van der Waals surface area contributed by atoms with Crippen LogP contribution in [0.3, 0.4) is 0 Å². The molecule has 1 unspecified atom stereocenters. The lowest BCUT2D eigenvalue weighted by Crippen LogP contribution is -2.16. The van der Waals surface area contributed by atoms with Crippen LogP contribution in [0.25, 0.3) is 11.1 Å². The number of aliphatic hydroxyl groups excluding tert-OH is 1. The Morgan fingerprint density at radius 3 is 2.26 bits per heavy atom. The molecule has 6 heteroatoms. The van der Waals surface area contributed by atoms with Crippen LogP contribution in [-0.4, -0.2) is 5.11 Å². The van der Waals surface area contributed by atoms with Gasteiger partial charge in [0.15, 0.2) is 23.3 Å². The molecule has 1 N–H and O–H groups in total.